The molecular weight excluding hydrogens is 336 g/mol. The number of unbranched alkanes of at least 4 members (excludes halogenated alkanes) is 3. The third kappa shape index (κ3) is 6.20. The first kappa shape index (κ1) is 22.2. The highest BCUT2D eigenvalue weighted by molar-refractivity contribution is 5.66. The van der Waals surface area contributed by atoms with Crippen molar-refractivity contribution < 1.29 is 15.0 Å². The Kier molecular flexibility index (Phi) is 8.60. The number of aliphatic carboxylic acids is 1. The maximum absolute atomic E-state index is 10.6. The monoisotopic (exact) mass is 376 g/mol. The van der Waals surface area contributed by atoms with Crippen LogP contribution in [0, 0.1) is 29.1 Å². The smallest absolute Gasteiger partial charge is 0.303 e. The number of aliphatic hydroxyl groups is 1. The number of hydrogen-bond donors (Lipinski definition) is 2. The fourth-order valence-electron chi connectivity index (χ4n) is 5.26. The van der Waals surface area contributed by atoms with Crippen LogP contribution >= 0.6 is 0 Å². The summed E-state index contributed by atoms with van der Waals surface area (Å²) in [5.41, 5.74) is 0.450. The lowest BCUT2D eigenvalue weighted by molar-refractivity contribution is -0.137. The molecule has 3 nitrogen and oxygen atoms in total. The average molecular weight is 377 g/mol. The molecular formula is C24H40O3. The van der Waals surface area contributed by atoms with Gasteiger partial charge in [0.05, 0.1) is 6.10 Å². The Labute approximate surface area is 165 Å². The van der Waals surface area contributed by atoms with Gasteiger partial charge in [-0.3, -0.25) is 4.79 Å². The van der Waals surface area contributed by atoms with Crippen LogP contribution in [0.25, 0.3) is 0 Å². The first-order chi connectivity index (χ1) is 12.9. The zero-order valence-electron chi connectivity index (χ0n) is 17.6. The minimum absolute atomic E-state index is 0.256. The summed E-state index contributed by atoms with van der Waals surface area (Å²) in [6.07, 6.45) is 18.4. The molecule has 0 saturated heterocycles. The Bertz CT molecular complexity index is 520. The van der Waals surface area contributed by atoms with E-state index in [1.165, 1.54) is 25.7 Å². The molecule has 0 aromatic heterocycles. The third-order valence-corrected chi connectivity index (χ3v) is 7.19. The minimum atomic E-state index is -0.708. The standard InChI is InChI=1S/C24H40O3/c1-4-5-8-11-20(25)15-14-18-16-19-17-22(24(19,2)3)21(18)12-9-6-7-10-13-23(26)27/h6,9,14-15,18-22,25H,4-5,7-8,10-13,16-17H2,1-3H3,(H,26,27)/b9-6-,15-14+/t18-,19-,20?,21?,22-/m0/s1. The van der Waals surface area contributed by atoms with Gasteiger partial charge in [-0.25, -0.2) is 0 Å². The van der Waals surface area contributed by atoms with Gasteiger partial charge >= 0.3 is 5.97 Å². The van der Waals surface area contributed by atoms with E-state index in [0.717, 1.165) is 43.9 Å². The number of allylic oxidation sites excluding steroid dienone is 3. The van der Waals surface area contributed by atoms with E-state index in [9.17, 15) is 9.90 Å². The van der Waals surface area contributed by atoms with Crippen molar-refractivity contribution in [1.29, 1.82) is 0 Å². The molecule has 0 aromatic carbocycles. The maximum Gasteiger partial charge on any atom is 0.303 e. The lowest BCUT2D eigenvalue weighted by atomic mass is 9.43. The molecule has 5 atom stereocenters. The van der Waals surface area contributed by atoms with E-state index in [4.69, 9.17) is 5.11 Å². The van der Waals surface area contributed by atoms with Crippen molar-refractivity contribution in [2.75, 3.05) is 0 Å². The van der Waals surface area contributed by atoms with E-state index < -0.39 is 5.97 Å². The predicted octanol–water partition coefficient (Wildman–Crippen LogP) is 5.98. The normalized spacial score (nSPS) is 30.5. The molecule has 0 amide bonds. The van der Waals surface area contributed by atoms with Crippen molar-refractivity contribution in [3.63, 3.8) is 0 Å². The van der Waals surface area contributed by atoms with Crippen LogP contribution in [0.15, 0.2) is 24.3 Å². The summed E-state index contributed by atoms with van der Waals surface area (Å²) in [5.74, 6) is 2.11. The van der Waals surface area contributed by atoms with Crippen LogP contribution in [0.3, 0.4) is 0 Å². The van der Waals surface area contributed by atoms with Crippen LogP contribution in [-0.4, -0.2) is 22.3 Å². The summed E-state index contributed by atoms with van der Waals surface area (Å²) >= 11 is 0. The van der Waals surface area contributed by atoms with Gasteiger partial charge in [0, 0.05) is 6.42 Å². The molecule has 27 heavy (non-hydrogen) atoms. The van der Waals surface area contributed by atoms with Crippen LogP contribution in [0.5, 0.6) is 0 Å². The van der Waals surface area contributed by atoms with Crippen molar-refractivity contribution in [3.8, 4) is 0 Å². The number of rotatable bonds is 12. The average Bonchev–Trinajstić information content (AvgIpc) is 2.62. The Hall–Kier alpha value is -1.09. The van der Waals surface area contributed by atoms with Gasteiger partial charge < -0.3 is 10.2 Å². The van der Waals surface area contributed by atoms with Crippen molar-refractivity contribution in [1.82, 2.24) is 0 Å². The highest BCUT2D eigenvalue weighted by atomic mass is 16.4. The van der Waals surface area contributed by atoms with Crippen LogP contribution in [0.2, 0.25) is 0 Å². The largest absolute Gasteiger partial charge is 0.481 e. The second-order valence-electron chi connectivity index (χ2n) is 9.37. The second-order valence-corrected chi connectivity index (χ2v) is 9.37. The van der Waals surface area contributed by atoms with Gasteiger partial charge in [-0.2, -0.15) is 0 Å². The molecule has 3 saturated carbocycles. The Morgan fingerprint density at radius 1 is 1.19 bits per heavy atom. The van der Waals surface area contributed by atoms with E-state index in [1.54, 1.807) is 0 Å². The fraction of sp³-hybridized carbons (Fsp3) is 0.792. The van der Waals surface area contributed by atoms with Gasteiger partial charge in [0.15, 0.2) is 0 Å². The van der Waals surface area contributed by atoms with Crippen LogP contribution < -0.4 is 0 Å². The Morgan fingerprint density at radius 2 is 1.96 bits per heavy atom. The molecule has 0 spiro atoms. The summed E-state index contributed by atoms with van der Waals surface area (Å²) in [5, 5.41) is 19.0. The topological polar surface area (TPSA) is 57.5 Å². The fourth-order valence-corrected chi connectivity index (χ4v) is 5.26. The highest BCUT2D eigenvalue weighted by Crippen LogP contribution is 2.64. The van der Waals surface area contributed by atoms with Crippen molar-refractivity contribution in [2.45, 2.75) is 91.1 Å². The highest BCUT2D eigenvalue weighted by Gasteiger charge is 2.56. The molecule has 2 bridgehead atoms. The molecule has 0 aromatic rings. The van der Waals surface area contributed by atoms with Gasteiger partial charge in [-0.05, 0) is 67.6 Å². The summed E-state index contributed by atoms with van der Waals surface area (Å²) in [4.78, 5) is 10.6. The summed E-state index contributed by atoms with van der Waals surface area (Å²) in [6, 6.07) is 0. The molecule has 3 fully saturated rings. The molecule has 3 rings (SSSR count). The molecule has 3 heteroatoms. The lowest BCUT2D eigenvalue weighted by Crippen LogP contribution is -2.55. The van der Waals surface area contributed by atoms with E-state index in [0.29, 0.717) is 17.3 Å². The first-order valence-corrected chi connectivity index (χ1v) is 11.1. The van der Waals surface area contributed by atoms with Crippen LogP contribution in [0.4, 0.5) is 0 Å². The molecule has 2 unspecified atom stereocenters. The molecule has 154 valence electrons. The predicted molar refractivity (Wildman–Crippen MR) is 112 cm³/mol. The number of carboxylic acids is 1. The van der Waals surface area contributed by atoms with E-state index in [1.807, 2.05) is 0 Å². The number of carbonyl (C=O) groups is 1. The van der Waals surface area contributed by atoms with Gasteiger partial charge in [-0.1, -0.05) is 64.3 Å². The quantitative estimate of drug-likeness (QED) is 0.325. The van der Waals surface area contributed by atoms with E-state index in [-0.39, 0.29) is 12.5 Å². The number of hydrogen-bond acceptors (Lipinski definition) is 2. The molecule has 0 radical (unpaired) electrons. The molecule has 0 heterocycles. The van der Waals surface area contributed by atoms with Gasteiger partial charge in [0.2, 0.25) is 0 Å². The van der Waals surface area contributed by atoms with Crippen molar-refractivity contribution in [3.05, 3.63) is 24.3 Å². The summed E-state index contributed by atoms with van der Waals surface area (Å²) in [6.45, 7) is 7.04. The minimum Gasteiger partial charge on any atom is -0.481 e. The molecule has 0 aliphatic heterocycles. The van der Waals surface area contributed by atoms with Crippen molar-refractivity contribution >= 4 is 5.97 Å². The van der Waals surface area contributed by atoms with Crippen LogP contribution in [0.1, 0.15) is 85.0 Å². The SMILES string of the molecule is CCCCCC(O)/C=C/[C@H]1C[C@H]2C[C@@H](C1C/C=C\CCCC(=O)O)C2(C)C. The Balaban J connectivity index is 1.88. The Morgan fingerprint density at radius 3 is 2.63 bits per heavy atom. The summed E-state index contributed by atoms with van der Waals surface area (Å²) < 4.78 is 0. The zero-order chi connectivity index (χ0) is 19.9. The van der Waals surface area contributed by atoms with E-state index in [2.05, 4.69) is 45.1 Å². The number of carboxylic acid groups (broad SMARTS) is 1. The molecule has 3 aliphatic carbocycles. The van der Waals surface area contributed by atoms with Crippen LogP contribution in [-0.2, 0) is 4.79 Å². The summed E-state index contributed by atoms with van der Waals surface area (Å²) in [7, 11) is 0. The van der Waals surface area contributed by atoms with E-state index >= 15 is 0 Å². The number of fused-ring (bicyclic) bond motifs is 2. The lowest BCUT2D eigenvalue weighted by Gasteiger charge is -2.62. The van der Waals surface area contributed by atoms with Gasteiger partial charge in [0.25, 0.3) is 0 Å². The molecule has 2 N–H and O–H groups in total. The third-order valence-electron chi connectivity index (χ3n) is 7.19. The van der Waals surface area contributed by atoms with Gasteiger partial charge in [-0.15, -0.1) is 0 Å². The second kappa shape index (κ2) is 10.5. The maximum atomic E-state index is 10.6. The zero-order valence-corrected chi connectivity index (χ0v) is 17.6. The number of aliphatic hydroxyl groups excluding tert-OH is 1. The molecule has 3 aliphatic rings. The first-order valence-electron chi connectivity index (χ1n) is 11.1. The van der Waals surface area contributed by atoms with Crippen molar-refractivity contribution in [2.24, 2.45) is 29.1 Å². The van der Waals surface area contributed by atoms with Gasteiger partial charge in [0.1, 0.15) is 0 Å².